The number of ether oxygens (including phenoxy) is 1. The topological polar surface area (TPSA) is 80.2 Å². The first kappa shape index (κ1) is 13.4. The highest BCUT2D eigenvalue weighted by Gasteiger charge is 2.31. The summed E-state index contributed by atoms with van der Waals surface area (Å²) < 4.78 is 5.68. The van der Waals surface area contributed by atoms with E-state index >= 15 is 0 Å². The molecule has 0 aliphatic carbocycles. The molecule has 7 heteroatoms. The average molecular weight is 283 g/mol. The molecule has 2 rings (SSSR count). The summed E-state index contributed by atoms with van der Waals surface area (Å²) in [6.45, 7) is 3.12. The molecular formula is C12H11ClN2O4. The molecule has 0 N–H and O–H groups in total. The Morgan fingerprint density at radius 2 is 2.00 bits per heavy atom. The Bertz CT molecular complexity index is 673. The van der Waals surface area contributed by atoms with Crippen LogP contribution in [0.3, 0.4) is 0 Å². The number of benzene rings is 1. The van der Waals surface area contributed by atoms with E-state index < -0.39 is 5.97 Å². The van der Waals surface area contributed by atoms with Gasteiger partial charge in [0.05, 0.1) is 6.61 Å². The second-order valence-electron chi connectivity index (χ2n) is 3.88. The van der Waals surface area contributed by atoms with Crippen LogP contribution < -0.4 is 9.46 Å². The lowest BCUT2D eigenvalue weighted by molar-refractivity contribution is -0.635. The monoisotopic (exact) mass is 282 g/mol. The van der Waals surface area contributed by atoms with Gasteiger partial charge in [0.2, 0.25) is 0 Å². The maximum atomic E-state index is 12.1. The summed E-state index contributed by atoms with van der Waals surface area (Å²) in [5.74, 6) is -0.823. The summed E-state index contributed by atoms with van der Waals surface area (Å²) in [5.41, 5.74) is -0.170. The molecule has 0 unspecified atom stereocenters. The molecule has 0 saturated heterocycles. The zero-order chi connectivity index (χ0) is 14.2. The molecule has 0 saturated carbocycles. The van der Waals surface area contributed by atoms with Crippen molar-refractivity contribution < 1.29 is 19.0 Å². The molecule has 0 radical (unpaired) electrons. The van der Waals surface area contributed by atoms with Gasteiger partial charge in [-0.2, -0.15) is 4.73 Å². The lowest BCUT2D eigenvalue weighted by Gasteiger charge is -2.10. The van der Waals surface area contributed by atoms with Crippen molar-refractivity contribution in [1.82, 2.24) is 0 Å². The number of fused-ring (bicyclic) bond motifs is 1. The molecule has 2 aromatic rings. The van der Waals surface area contributed by atoms with Crippen LogP contribution in [0.1, 0.15) is 23.1 Å². The van der Waals surface area contributed by atoms with Gasteiger partial charge >= 0.3 is 11.7 Å². The predicted molar refractivity (Wildman–Crippen MR) is 67.6 cm³/mol. The number of carbonyl (C=O) groups is 1. The summed E-state index contributed by atoms with van der Waals surface area (Å²) >= 11 is 5.79. The highest BCUT2D eigenvalue weighted by molar-refractivity contribution is 6.31. The van der Waals surface area contributed by atoms with E-state index in [0.29, 0.717) is 14.5 Å². The Labute approximate surface area is 114 Å². The largest absolute Gasteiger partial charge is 0.618 e. The van der Waals surface area contributed by atoms with Crippen molar-refractivity contribution in [3.8, 4) is 0 Å². The van der Waals surface area contributed by atoms with Crippen LogP contribution in [0.4, 0.5) is 0 Å². The van der Waals surface area contributed by atoms with Crippen molar-refractivity contribution in [3.63, 3.8) is 0 Å². The number of rotatable bonds is 2. The molecule has 1 aromatic heterocycles. The third-order valence-electron chi connectivity index (χ3n) is 2.69. The highest BCUT2D eigenvalue weighted by Crippen LogP contribution is 2.15. The fourth-order valence-corrected chi connectivity index (χ4v) is 1.97. The zero-order valence-electron chi connectivity index (χ0n) is 10.3. The molecule has 0 bridgehead atoms. The van der Waals surface area contributed by atoms with E-state index in [2.05, 4.69) is 0 Å². The smallest absolute Gasteiger partial charge is 0.412 e. The van der Waals surface area contributed by atoms with E-state index in [0.717, 1.165) is 0 Å². The number of halogens is 1. The summed E-state index contributed by atoms with van der Waals surface area (Å²) in [6.07, 6.45) is 0. The van der Waals surface area contributed by atoms with Crippen molar-refractivity contribution in [3.05, 3.63) is 45.0 Å². The normalized spacial score (nSPS) is 10.7. The first-order valence-electron chi connectivity index (χ1n) is 5.59. The van der Waals surface area contributed by atoms with Crippen molar-refractivity contribution in [2.45, 2.75) is 13.8 Å². The molecule has 1 aromatic carbocycles. The minimum absolute atomic E-state index is 0.0248. The van der Waals surface area contributed by atoms with E-state index in [-0.39, 0.29) is 29.0 Å². The van der Waals surface area contributed by atoms with Gasteiger partial charge < -0.3 is 15.2 Å². The average Bonchev–Trinajstić information content (AvgIpc) is 2.36. The van der Waals surface area contributed by atoms with Crippen LogP contribution in [0.25, 0.3) is 11.0 Å². The fraction of sp³-hybridized carbons (Fsp3) is 0.250. The first-order valence-corrected chi connectivity index (χ1v) is 5.97. The molecule has 1 heterocycles. The van der Waals surface area contributed by atoms with Gasteiger partial charge in [0, 0.05) is 24.1 Å². The van der Waals surface area contributed by atoms with Crippen LogP contribution in [0.2, 0.25) is 5.02 Å². The van der Waals surface area contributed by atoms with E-state index in [4.69, 9.17) is 16.3 Å². The summed E-state index contributed by atoms with van der Waals surface area (Å²) in [6, 6.07) is 4.24. The van der Waals surface area contributed by atoms with Crippen LogP contribution in [-0.4, -0.2) is 12.6 Å². The number of nitrogens with zero attached hydrogens (tertiary/aromatic N) is 2. The van der Waals surface area contributed by atoms with Gasteiger partial charge in [-0.1, -0.05) is 11.6 Å². The second-order valence-corrected chi connectivity index (χ2v) is 4.31. The van der Waals surface area contributed by atoms with Gasteiger partial charge in [0.15, 0.2) is 0 Å². The Balaban J connectivity index is 2.80. The number of hydrogen-bond acceptors (Lipinski definition) is 4. The van der Waals surface area contributed by atoms with Crippen molar-refractivity contribution in [2.75, 3.05) is 6.61 Å². The van der Waals surface area contributed by atoms with Gasteiger partial charge in [-0.05, 0) is 13.0 Å². The fourth-order valence-electron chi connectivity index (χ4n) is 1.81. The van der Waals surface area contributed by atoms with E-state index in [9.17, 15) is 15.2 Å². The van der Waals surface area contributed by atoms with Crippen LogP contribution in [0, 0.1) is 17.3 Å². The van der Waals surface area contributed by atoms with Crippen LogP contribution in [-0.2, 0) is 4.74 Å². The maximum absolute atomic E-state index is 12.1. The van der Waals surface area contributed by atoms with Crippen molar-refractivity contribution in [1.29, 1.82) is 0 Å². The lowest BCUT2D eigenvalue weighted by Crippen LogP contribution is -2.46. The lowest BCUT2D eigenvalue weighted by atomic mass is 10.2. The SMILES string of the molecule is CCOC(=O)c1c(C)[n+]([O-])c2cc(Cl)ccc2[n+]1[O-]. The Morgan fingerprint density at radius 1 is 1.32 bits per heavy atom. The molecule has 0 amide bonds. The molecule has 0 fully saturated rings. The van der Waals surface area contributed by atoms with Crippen molar-refractivity contribution in [2.24, 2.45) is 0 Å². The third-order valence-corrected chi connectivity index (χ3v) is 2.93. The van der Waals surface area contributed by atoms with Gasteiger partial charge in [-0.3, -0.25) is 0 Å². The number of carbonyl (C=O) groups excluding carboxylic acids is 1. The third kappa shape index (κ3) is 2.15. The quantitative estimate of drug-likeness (QED) is 0.471. The highest BCUT2D eigenvalue weighted by atomic mass is 35.5. The van der Waals surface area contributed by atoms with Gasteiger partial charge in [0.25, 0.3) is 16.7 Å². The number of aromatic nitrogens is 2. The molecule has 0 aliphatic heterocycles. The molecular weight excluding hydrogens is 272 g/mol. The van der Waals surface area contributed by atoms with Crippen LogP contribution in [0.5, 0.6) is 0 Å². The zero-order valence-corrected chi connectivity index (χ0v) is 11.1. The Morgan fingerprint density at radius 3 is 2.63 bits per heavy atom. The minimum atomic E-state index is -0.823. The second kappa shape index (κ2) is 4.89. The minimum Gasteiger partial charge on any atom is -0.618 e. The van der Waals surface area contributed by atoms with Crippen LogP contribution >= 0.6 is 11.6 Å². The first-order chi connectivity index (χ1) is 8.97. The maximum Gasteiger partial charge on any atom is 0.412 e. The number of esters is 1. The molecule has 6 nitrogen and oxygen atoms in total. The van der Waals surface area contributed by atoms with Crippen LogP contribution in [0.15, 0.2) is 18.2 Å². The van der Waals surface area contributed by atoms with E-state index in [1.165, 1.54) is 25.1 Å². The summed E-state index contributed by atoms with van der Waals surface area (Å²) in [5, 5.41) is 24.5. The predicted octanol–water partition coefficient (Wildman–Crippen LogP) is 1.25. The molecule has 100 valence electrons. The molecule has 19 heavy (non-hydrogen) atoms. The van der Waals surface area contributed by atoms with E-state index in [1.807, 2.05) is 0 Å². The Kier molecular flexibility index (Phi) is 3.44. The molecule has 0 atom stereocenters. The van der Waals surface area contributed by atoms with Gasteiger partial charge in [0.1, 0.15) is 0 Å². The van der Waals surface area contributed by atoms with E-state index in [1.54, 1.807) is 6.92 Å². The Hall–Kier alpha value is -2.08. The molecule has 0 aliphatic rings. The number of hydrogen-bond donors (Lipinski definition) is 0. The summed E-state index contributed by atoms with van der Waals surface area (Å²) in [7, 11) is 0. The van der Waals surface area contributed by atoms with Crippen molar-refractivity contribution >= 4 is 28.6 Å². The standard InChI is InChI=1S/C12H11ClN2O4/c1-3-19-12(16)11-7(2)14(17)10-6-8(13)4-5-9(10)15(11)18/h4-6H,3H2,1-2H3. The molecule has 0 spiro atoms. The van der Waals surface area contributed by atoms with Gasteiger partial charge in [-0.25, -0.2) is 4.79 Å². The summed E-state index contributed by atoms with van der Waals surface area (Å²) in [4.78, 5) is 11.7. The van der Waals surface area contributed by atoms with Gasteiger partial charge in [-0.15, -0.1) is 4.73 Å².